The maximum Gasteiger partial charge on any atom is 0.0945 e. The summed E-state index contributed by atoms with van der Waals surface area (Å²) in [5, 5.41) is 0. The van der Waals surface area contributed by atoms with Crippen molar-refractivity contribution in [3.05, 3.63) is 18.7 Å². The van der Waals surface area contributed by atoms with E-state index in [1.165, 1.54) is 6.42 Å². The topological polar surface area (TPSA) is 21.1 Å². The fraction of sp³-hybridized carbons (Fsp3) is 0.750. The molecule has 0 aliphatic carbocycles. The first-order valence-electron chi connectivity index (χ1n) is 5.89. The standard InChI is InChI=1S/C8H15N3.2C2H6/c1-10(2)5-3-6-11-7-4-9-8-11;2*1-2/h4,7-8H,3,5-6H2,1-2H3;2*1-2H3. The van der Waals surface area contributed by atoms with Gasteiger partial charge in [-0.25, -0.2) is 4.98 Å². The lowest BCUT2D eigenvalue weighted by Crippen LogP contribution is -2.14. The molecule has 1 heterocycles. The van der Waals surface area contributed by atoms with E-state index in [1.54, 1.807) is 0 Å². The molecule has 1 aromatic heterocycles. The molecule has 0 saturated heterocycles. The minimum atomic E-state index is 1.07. The zero-order valence-corrected chi connectivity index (χ0v) is 11.2. The summed E-state index contributed by atoms with van der Waals surface area (Å²) in [7, 11) is 4.18. The zero-order chi connectivity index (χ0) is 12.1. The van der Waals surface area contributed by atoms with E-state index in [-0.39, 0.29) is 0 Å². The van der Waals surface area contributed by atoms with Crippen LogP contribution in [-0.2, 0) is 6.54 Å². The number of imidazole rings is 1. The van der Waals surface area contributed by atoms with Gasteiger partial charge in [-0.1, -0.05) is 27.7 Å². The molecule has 0 fully saturated rings. The first-order valence-corrected chi connectivity index (χ1v) is 5.89. The van der Waals surface area contributed by atoms with Crippen LogP contribution in [0.25, 0.3) is 0 Å². The molecule has 0 N–H and O–H groups in total. The number of aromatic nitrogens is 2. The second-order valence-corrected chi connectivity index (χ2v) is 2.96. The van der Waals surface area contributed by atoms with Crippen LogP contribution in [0.15, 0.2) is 18.7 Å². The monoisotopic (exact) mass is 213 g/mol. The second-order valence-electron chi connectivity index (χ2n) is 2.96. The maximum absolute atomic E-state index is 3.97. The fourth-order valence-electron chi connectivity index (χ4n) is 0.989. The smallest absolute Gasteiger partial charge is 0.0945 e. The van der Waals surface area contributed by atoms with E-state index in [0.717, 1.165) is 13.1 Å². The zero-order valence-electron chi connectivity index (χ0n) is 11.2. The Balaban J connectivity index is 0. The maximum atomic E-state index is 3.97. The Morgan fingerprint density at radius 2 is 1.73 bits per heavy atom. The third kappa shape index (κ3) is 11.1. The molecule has 0 aliphatic heterocycles. The summed E-state index contributed by atoms with van der Waals surface area (Å²) in [5.74, 6) is 0. The summed E-state index contributed by atoms with van der Waals surface area (Å²) >= 11 is 0. The van der Waals surface area contributed by atoms with Crippen molar-refractivity contribution >= 4 is 0 Å². The molecule has 0 amide bonds. The van der Waals surface area contributed by atoms with Crippen LogP contribution < -0.4 is 0 Å². The van der Waals surface area contributed by atoms with E-state index in [0.29, 0.717) is 0 Å². The van der Waals surface area contributed by atoms with Gasteiger partial charge in [-0.15, -0.1) is 0 Å². The average Bonchev–Trinajstić information content (AvgIpc) is 2.76. The summed E-state index contributed by atoms with van der Waals surface area (Å²) in [6.07, 6.45) is 6.85. The van der Waals surface area contributed by atoms with Crippen LogP contribution >= 0.6 is 0 Å². The van der Waals surface area contributed by atoms with E-state index in [2.05, 4.69) is 28.5 Å². The van der Waals surface area contributed by atoms with Crippen molar-refractivity contribution in [2.24, 2.45) is 0 Å². The van der Waals surface area contributed by atoms with Gasteiger partial charge in [0.2, 0.25) is 0 Å². The van der Waals surface area contributed by atoms with Gasteiger partial charge >= 0.3 is 0 Å². The second kappa shape index (κ2) is 13.2. The van der Waals surface area contributed by atoms with E-state index in [9.17, 15) is 0 Å². The van der Waals surface area contributed by atoms with Gasteiger partial charge in [0, 0.05) is 18.9 Å². The summed E-state index contributed by atoms with van der Waals surface area (Å²) in [4.78, 5) is 6.16. The molecule has 3 heteroatoms. The molecule has 0 unspecified atom stereocenters. The third-order valence-corrected chi connectivity index (χ3v) is 1.58. The first kappa shape index (κ1) is 16.6. The van der Waals surface area contributed by atoms with Crippen LogP contribution in [0, 0.1) is 0 Å². The quantitative estimate of drug-likeness (QED) is 0.767. The third-order valence-electron chi connectivity index (χ3n) is 1.58. The highest BCUT2D eigenvalue weighted by molar-refractivity contribution is 4.73. The molecule has 90 valence electrons. The molecule has 0 radical (unpaired) electrons. The predicted molar refractivity (Wildman–Crippen MR) is 68.1 cm³/mol. The van der Waals surface area contributed by atoms with Gasteiger partial charge in [-0.3, -0.25) is 0 Å². The van der Waals surface area contributed by atoms with Crippen molar-refractivity contribution in [1.29, 1.82) is 0 Å². The average molecular weight is 213 g/mol. The van der Waals surface area contributed by atoms with Gasteiger partial charge < -0.3 is 9.47 Å². The molecule has 1 aromatic rings. The molecule has 1 rings (SSSR count). The molecule has 3 nitrogen and oxygen atoms in total. The van der Waals surface area contributed by atoms with Crippen LogP contribution in [0.1, 0.15) is 34.1 Å². The minimum absolute atomic E-state index is 1.07. The van der Waals surface area contributed by atoms with E-state index < -0.39 is 0 Å². The molecule has 0 aliphatic rings. The van der Waals surface area contributed by atoms with Crippen molar-refractivity contribution in [2.45, 2.75) is 40.7 Å². The highest BCUT2D eigenvalue weighted by Gasteiger charge is 1.91. The Labute approximate surface area is 95.1 Å². The van der Waals surface area contributed by atoms with Gasteiger partial charge in [0.05, 0.1) is 6.33 Å². The molecular formula is C12H27N3. The van der Waals surface area contributed by atoms with Crippen LogP contribution in [0.4, 0.5) is 0 Å². The summed E-state index contributed by atoms with van der Waals surface area (Å²) in [5.41, 5.74) is 0. The molecular weight excluding hydrogens is 186 g/mol. The highest BCUT2D eigenvalue weighted by atomic mass is 15.1. The van der Waals surface area contributed by atoms with Gasteiger partial charge in [-0.2, -0.15) is 0 Å². The van der Waals surface area contributed by atoms with E-state index in [4.69, 9.17) is 0 Å². The largest absolute Gasteiger partial charge is 0.337 e. The van der Waals surface area contributed by atoms with Crippen molar-refractivity contribution in [1.82, 2.24) is 14.5 Å². The molecule has 0 aromatic carbocycles. The van der Waals surface area contributed by atoms with E-state index in [1.807, 2.05) is 46.4 Å². The summed E-state index contributed by atoms with van der Waals surface area (Å²) in [6.45, 7) is 10.2. The molecule has 0 saturated carbocycles. The van der Waals surface area contributed by atoms with Gasteiger partial charge in [0.25, 0.3) is 0 Å². The predicted octanol–water partition coefficient (Wildman–Crippen LogP) is 2.89. The summed E-state index contributed by atoms with van der Waals surface area (Å²) < 4.78 is 2.10. The number of nitrogens with zero attached hydrogens (tertiary/aromatic N) is 3. The fourth-order valence-corrected chi connectivity index (χ4v) is 0.989. The summed E-state index contributed by atoms with van der Waals surface area (Å²) in [6, 6.07) is 0. The SMILES string of the molecule is CC.CC.CN(C)CCCn1ccnc1. The molecule has 0 atom stereocenters. The van der Waals surface area contributed by atoms with Crippen molar-refractivity contribution in [3.8, 4) is 0 Å². The number of aryl methyl sites for hydroxylation is 1. The Morgan fingerprint density at radius 1 is 1.13 bits per heavy atom. The van der Waals surface area contributed by atoms with Crippen LogP contribution in [0.2, 0.25) is 0 Å². The van der Waals surface area contributed by atoms with Gasteiger partial charge in [-0.05, 0) is 27.1 Å². The van der Waals surface area contributed by atoms with Crippen molar-refractivity contribution in [3.63, 3.8) is 0 Å². The normalized spacial score (nSPS) is 8.73. The van der Waals surface area contributed by atoms with Crippen molar-refractivity contribution < 1.29 is 0 Å². The molecule has 15 heavy (non-hydrogen) atoms. The van der Waals surface area contributed by atoms with Crippen molar-refractivity contribution in [2.75, 3.05) is 20.6 Å². The number of hydrogen-bond donors (Lipinski definition) is 0. The van der Waals surface area contributed by atoms with Crippen LogP contribution in [0.5, 0.6) is 0 Å². The lowest BCUT2D eigenvalue weighted by Gasteiger charge is -2.08. The number of rotatable bonds is 4. The Bertz CT molecular complexity index is 181. The molecule has 0 spiro atoms. The Hall–Kier alpha value is -0.830. The van der Waals surface area contributed by atoms with E-state index >= 15 is 0 Å². The van der Waals surface area contributed by atoms with Crippen LogP contribution in [0.3, 0.4) is 0 Å². The first-order chi connectivity index (χ1) is 7.29. The minimum Gasteiger partial charge on any atom is -0.337 e. The lowest BCUT2D eigenvalue weighted by atomic mass is 10.4. The van der Waals surface area contributed by atoms with Gasteiger partial charge in [0.1, 0.15) is 0 Å². The lowest BCUT2D eigenvalue weighted by molar-refractivity contribution is 0.386. The Morgan fingerprint density at radius 3 is 2.13 bits per heavy atom. The van der Waals surface area contributed by atoms with Crippen LogP contribution in [-0.4, -0.2) is 35.1 Å². The molecule has 0 bridgehead atoms. The Kier molecular flexibility index (Phi) is 14.6. The van der Waals surface area contributed by atoms with Gasteiger partial charge in [0.15, 0.2) is 0 Å². The highest BCUT2D eigenvalue weighted by Crippen LogP contribution is 1.90. The number of hydrogen-bond acceptors (Lipinski definition) is 2.